The van der Waals surface area contributed by atoms with Crippen LogP contribution >= 0.6 is 0 Å². The molecule has 5 heteroatoms. The fourth-order valence-corrected chi connectivity index (χ4v) is 3.59. The van der Waals surface area contributed by atoms with Gasteiger partial charge in [-0.3, -0.25) is 9.59 Å². The van der Waals surface area contributed by atoms with Crippen molar-refractivity contribution >= 4 is 22.6 Å². The van der Waals surface area contributed by atoms with Gasteiger partial charge in [-0.25, -0.2) is 4.39 Å². The third-order valence-corrected chi connectivity index (χ3v) is 5.27. The van der Waals surface area contributed by atoms with Crippen LogP contribution in [0.25, 0.3) is 10.8 Å². The second-order valence-electron chi connectivity index (χ2n) is 7.36. The second-order valence-corrected chi connectivity index (χ2v) is 7.36. The first-order chi connectivity index (χ1) is 14.5. The van der Waals surface area contributed by atoms with Crippen molar-refractivity contribution < 1.29 is 14.0 Å². The summed E-state index contributed by atoms with van der Waals surface area (Å²) >= 11 is 0. The zero-order valence-corrected chi connectivity index (χ0v) is 17.4. The lowest BCUT2D eigenvalue weighted by molar-refractivity contribution is -0.140. The molecule has 0 radical (unpaired) electrons. The van der Waals surface area contributed by atoms with Crippen molar-refractivity contribution in [2.75, 3.05) is 6.54 Å². The Morgan fingerprint density at radius 2 is 1.70 bits per heavy atom. The number of hydrogen-bond donors (Lipinski definition) is 1. The number of carbonyl (C=O) groups excluding carboxylic acids is 2. The molecule has 1 unspecified atom stereocenters. The van der Waals surface area contributed by atoms with E-state index >= 15 is 0 Å². The van der Waals surface area contributed by atoms with E-state index in [-0.39, 0.29) is 24.2 Å². The maximum absolute atomic E-state index is 13.3. The van der Waals surface area contributed by atoms with Gasteiger partial charge in [0.1, 0.15) is 11.9 Å². The smallest absolute Gasteiger partial charge is 0.242 e. The van der Waals surface area contributed by atoms with Gasteiger partial charge in [0.15, 0.2) is 0 Å². The van der Waals surface area contributed by atoms with Gasteiger partial charge in [-0.2, -0.15) is 0 Å². The molecule has 0 aliphatic heterocycles. The zero-order valence-electron chi connectivity index (χ0n) is 17.4. The molecule has 0 saturated carbocycles. The van der Waals surface area contributed by atoms with E-state index < -0.39 is 6.04 Å². The molecule has 0 aromatic heterocycles. The molecule has 0 bridgehead atoms. The molecular formula is C25H27FN2O2. The van der Waals surface area contributed by atoms with E-state index in [0.29, 0.717) is 19.4 Å². The van der Waals surface area contributed by atoms with E-state index in [0.717, 1.165) is 21.9 Å². The van der Waals surface area contributed by atoms with Crippen LogP contribution < -0.4 is 5.32 Å². The highest BCUT2D eigenvalue weighted by molar-refractivity contribution is 5.88. The molecule has 0 heterocycles. The maximum atomic E-state index is 13.3. The Hall–Kier alpha value is -3.21. The van der Waals surface area contributed by atoms with Crippen molar-refractivity contribution in [1.29, 1.82) is 0 Å². The summed E-state index contributed by atoms with van der Waals surface area (Å²) in [7, 11) is 0. The van der Waals surface area contributed by atoms with Gasteiger partial charge in [0.05, 0.1) is 0 Å². The summed E-state index contributed by atoms with van der Waals surface area (Å²) in [5.41, 5.74) is 1.89. The van der Waals surface area contributed by atoms with Crippen LogP contribution in [0, 0.1) is 5.82 Å². The van der Waals surface area contributed by atoms with Gasteiger partial charge in [-0.15, -0.1) is 0 Å². The van der Waals surface area contributed by atoms with Crippen molar-refractivity contribution in [3.63, 3.8) is 0 Å². The van der Waals surface area contributed by atoms with Crippen molar-refractivity contribution in [3.05, 3.63) is 83.7 Å². The van der Waals surface area contributed by atoms with Crippen LogP contribution in [0.3, 0.4) is 0 Å². The summed E-state index contributed by atoms with van der Waals surface area (Å²) in [4.78, 5) is 27.1. The Morgan fingerprint density at radius 1 is 1.00 bits per heavy atom. The van der Waals surface area contributed by atoms with Crippen molar-refractivity contribution in [2.24, 2.45) is 0 Å². The lowest BCUT2D eigenvalue weighted by Crippen LogP contribution is -2.47. The number of hydrogen-bond acceptors (Lipinski definition) is 2. The molecule has 3 aromatic carbocycles. The van der Waals surface area contributed by atoms with Gasteiger partial charge < -0.3 is 10.2 Å². The normalized spacial score (nSPS) is 11.8. The number of benzene rings is 3. The summed E-state index contributed by atoms with van der Waals surface area (Å²) < 4.78 is 13.3. The van der Waals surface area contributed by atoms with Crippen LogP contribution in [0.1, 0.15) is 31.4 Å². The van der Waals surface area contributed by atoms with Crippen LogP contribution in [0.15, 0.2) is 66.7 Å². The molecule has 3 rings (SSSR count). The number of likely N-dealkylation sites (N-methyl/N-ethyl adjacent to an activating group) is 1. The first kappa shape index (κ1) is 21.5. The SMILES string of the molecule is CCNC(=O)C(C)N(Cc1ccc(F)cc1)C(=O)CCc1cccc2ccccc12. The minimum absolute atomic E-state index is 0.106. The Bertz CT molecular complexity index is 1010. The third-order valence-electron chi connectivity index (χ3n) is 5.27. The number of carbonyl (C=O) groups is 2. The van der Waals surface area contributed by atoms with E-state index in [1.807, 2.05) is 31.2 Å². The lowest BCUT2D eigenvalue weighted by atomic mass is 10.0. The number of rotatable bonds is 8. The summed E-state index contributed by atoms with van der Waals surface area (Å²) in [6, 6.07) is 19.6. The van der Waals surface area contributed by atoms with Crippen molar-refractivity contribution in [2.45, 2.75) is 39.3 Å². The summed E-state index contributed by atoms with van der Waals surface area (Å²) in [5.74, 6) is -0.631. The second kappa shape index (κ2) is 10.0. The van der Waals surface area contributed by atoms with Crippen molar-refractivity contribution in [1.82, 2.24) is 10.2 Å². The van der Waals surface area contributed by atoms with Crippen molar-refractivity contribution in [3.8, 4) is 0 Å². The topological polar surface area (TPSA) is 49.4 Å². The summed E-state index contributed by atoms with van der Waals surface area (Å²) in [5, 5.41) is 5.05. The first-order valence-electron chi connectivity index (χ1n) is 10.3. The van der Waals surface area contributed by atoms with Gasteiger partial charge in [0.2, 0.25) is 11.8 Å². The third kappa shape index (κ3) is 5.23. The van der Waals surface area contributed by atoms with Crippen LogP contribution in [-0.2, 0) is 22.6 Å². The molecule has 1 N–H and O–H groups in total. The monoisotopic (exact) mass is 406 g/mol. The summed E-state index contributed by atoms with van der Waals surface area (Å²) in [6.07, 6.45) is 0.876. The summed E-state index contributed by atoms with van der Waals surface area (Å²) in [6.45, 7) is 4.33. The van der Waals surface area contributed by atoms with Crippen LogP contribution in [0.5, 0.6) is 0 Å². The van der Waals surface area contributed by atoms with E-state index in [1.54, 1.807) is 24.0 Å². The molecule has 2 amide bonds. The number of nitrogens with zero attached hydrogens (tertiary/aromatic N) is 1. The molecule has 0 saturated heterocycles. The molecule has 4 nitrogen and oxygen atoms in total. The average molecular weight is 407 g/mol. The average Bonchev–Trinajstić information content (AvgIpc) is 2.76. The minimum Gasteiger partial charge on any atom is -0.355 e. The molecule has 156 valence electrons. The van der Waals surface area contributed by atoms with E-state index in [2.05, 4.69) is 23.5 Å². The first-order valence-corrected chi connectivity index (χ1v) is 10.3. The fraction of sp³-hybridized carbons (Fsp3) is 0.280. The number of halogens is 1. The quantitative estimate of drug-likeness (QED) is 0.600. The maximum Gasteiger partial charge on any atom is 0.242 e. The Morgan fingerprint density at radius 3 is 2.43 bits per heavy atom. The molecule has 30 heavy (non-hydrogen) atoms. The van der Waals surface area contributed by atoms with E-state index in [4.69, 9.17) is 0 Å². The zero-order chi connectivity index (χ0) is 21.5. The highest BCUT2D eigenvalue weighted by Crippen LogP contribution is 2.21. The highest BCUT2D eigenvalue weighted by atomic mass is 19.1. The van der Waals surface area contributed by atoms with Gasteiger partial charge in [0.25, 0.3) is 0 Å². The van der Waals surface area contributed by atoms with E-state index in [9.17, 15) is 14.0 Å². The van der Waals surface area contributed by atoms with E-state index in [1.165, 1.54) is 12.1 Å². The van der Waals surface area contributed by atoms with Crippen LogP contribution in [0.2, 0.25) is 0 Å². The van der Waals surface area contributed by atoms with Gasteiger partial charge >= 0.3 is 0 Å². The Kier molecular flexibility index (Phi) is 7.17. The predicted molar refractivity (Wildman–Crippen MR) is 117 cm³/mol. The number of amides is 2. The highest BCUT2D eigenvalue weighted by Gasteiger charge is 2.25. The standard InChI is InChI=1S/C25H27FN2O2/c1-3-27-25(30)18(2)28(17-19-11-14-22(26)15-12-19)24(29)16-13-21-9-6-8-20-7-4-5-10-23(20)21/h4-12,14-15,18H,3,13,16-17H2,1-2H3,(H,27,30). The van der Waals surface area contributed by atoms with Gasteiger partial charge in [0, 0.05) is 19.5 Å². The number of nitrogens with one attached hydrogen (secondary N) is 1. The number of fused-ring (bicyclic) bond motifs is 1. The molecule has 3 aromatic rings. The molecule has 0 aliphatic carbocycles. The predicted octanol–water partition coefficient (Wildman–Crippen LogP) is 4.46. The fourth-order valence-electron chi connectivity index (χ4n) is 3.59. The molecular weight excluding hydrogens is 379 g/mol. The Balaban J connectivity index is 1.78. The minimum atomic E-state index is -0.616. The molecule has 1 atom stereocenters. The molecule has 0 aliphatic rings. The molecule has 0 fully saturated rings. The van der Waals surface area contributed by atoms with Crippen LogP contribution in [-0.4, -0.2) is 29.3 Å². The van der Waals surface area contributed by atoms with Gasteiger partial charge in [-0.05, 0) is 54.3 Å². The van der Waals surface area contributed by atoms with Crippen LogP contribution in [0.4, 0.5) is 4.39 Å². The largest absolute Gasteiger partial charge is 0.355 e. The molecule has 0 spiro atoms. The lowest BCUT2D eigenvalue weighted by Gasteiger charge is -2.29. The Labute approximate surface area is 176 Å². The number of aryl methyl sites for hydroxylation is 1. The van der Waals surface area contributed by atoms with Gasteiger partial charge in [-0.1, -0.05) is 54.6 Å².